The molecule has 1 aromatic carbocycles. The smallest absolute Gasteiger partial charge is 0.350 e. The van der Waals surface area contributed by atoms with E-state index in [2.05, 4.69) is 26.2 Å². The van der Waals surface area contributed by atoms with Gasteiger partial charge in [0.1, 0.15) is 6.10 Å². The van der Waals surface area contributed by atoms with Crippen LogP contribution in [0.15, 0.2) is 30.6 Å². The maximum Gasteiger partial charge on any atom is 0.350 e. The van der Waals surface area contributed by atoms with Gasteiger partial charge in [0.15, 0.2) is 23.2 Å². The molecule has 2 aromatic heterocycles. The van der Waals surface area contributed by atoms with Gasteiger partial charge in [0, 0.05) is 52.1 Å². The fourth-order valence-electron chi connectivity index (χ4n) is 6.75. The highest BCUT2D eigenvalue weighted by atomic mass is 35.5. The summed E-state index contributed by atoms with van der Waals surface area (Å²) in [6.07, 6.45) is 3.38. The van der Waals surface area contributed by atoms with Crippen molar-refractivity contribution in [3.8, 4) is 12.3 Å². The van der Waals surface area contributed by atoms with E-state index in [1.165, 1.54) is 10.9 Å². The van der Waals surface area contributed by atoms with Gasteiger partial charge in [0.05, 0.1) is 26.1 Å². The monoisotopic (exact) mass is 811 g/mol. The molecule has 0 spiro atoms. The predicted octanol–water partition coefficient (Wildman–Crippen LogP) is 3.45. The van der Waals surface area contributed by atoms with Crippen LogP contribution in [0, 0.1) is 12.3 Å². The number of amides is 2. The largest absolute Gasteiger partial charge is 0.463 e. The lowest BCUT2D eigenvalue weighted by atomic mass is 9.91. The van der Waals surface area contributed by atoms with Gasteiger partial charge in [-0.3, -0.25) is 19.1 Å². The van der Waals surface area contributed by atoms with Gasteiger partial charge < -0.3 is 38.6 Å². The standard InChI is InChI=1S/C38H46ClN7O11/c1-9-37(57-24(7)48)27(56-32(29(37)55-23(6)47)46-21-40-28-30(41-22(4)5)42-35(39)43-31(28)46)20-54-38(33(49)52-10-2,34(50)53-11-3)19-25-13-15-26(16-14-25)45-18-12-17-44(8)36(45)51/h1,13-16,21-22,27,29,32H,10-12,17-20H2,2-8H3,(H,41,42,43)/t27-,29+,32-,37-/m1/s1. The second kappa shape index (κ2) is 17.7. The van der Waals surface area contributed by atoms with Gasteiger partial charge in [-0.05, 0) is 63.4 Å². The molecular formula is C38H46ClN7O11. The first kappa shape index (κ1) is 42.6. The minimum absolute atomic E-state index is 0.0710. The quantitative estimate of drug-likeness (QED) is 0.0768. The van der Waals surface area contributed by atoms with Crippen LogP contribution in [0.5, 0.6) is 0 Å². The maximum absolute atomic E-state index is 14.0. The van der Waals surface area contributed by atoms with Crippen molar-refractivity contribution < 1.29 is 52.4 Å². The zero-order chi connectivity index (χ0) is 41.7. The Morgan fingerprint density at radius 1 is 1.07 bits per heavy atom. The number of halogens is 1. The van der Waals surface area contributed by atoms with E-state index in [9.17, 15) is 24.0 Å². The van der Waals surface area contributed by atoms with Gasteiger partial charge in [-0.25, -0.2) is 19.4 Å². The summed E-state index contributed by atoms with van der Waals surface area (Å²) in [5.74, 6) is -1.09. The van der Waals surface area contributed by atoms with Gasteiger partial charge in [-0.1, -0.05) is 18.1 Å². The summed E-state index contributed by atoms with van der Waals surface area (Å²) in [6, 6.07) is 6.45. The molecule has 4 atom stereocenters. The molecule has 0 unspecified atom stereocenters. The molecule has 2 saturated heterocycles. The molecule has 2 aliphatic heterocycles. The van der Waals surface area contributed by atoms with Crippen LogP contribution >= 0.6 is 11.6 Å². The molecule has 5 rings (SSSR count). The molecule has 2 amide bonds. The Labute approximate surface area is 334 Å². The number of terminal acetylenes is 1. The lowest BCUT2D eigenvalue weighted by Crippen LogP contribution is -2.57. The Kier molecular flexibility index (Phi) is 13.3. The molecule has 2 aliphatic rings. The van der Waals surface area contributed by atoms with Crippen molar-refractivity contribution in [1.29, 1.82) is 0 Å². The molecule has 0 radical (unpaired) electrons. The number of anilines is 2. The fraction of sp³-hybridized carbons (Fsp3) is 0.526. The predicted molar refractivity (Wildman–Crippen MR) is 204 cm³/mol. The molecule has 4 heterocycles. The van der Waals surface area contributed by atoms with Crippen molar-refractivity contribution in [2.45, 2.75) is 90.1 Å². The summed E-state index contributed by atoms with van der Waals surface area (Å²) in [4.78, 5) is 82.4. The number of nitrogens with one attached hydrogen (secondary N) is 1. The molecule has 57 heavy (non-hydrogen) atoms. The van der Waals surface area contributed by atoms with Gasteiger partial charge in [0.25, 0.3) is 5.60 Å². The third kappa shape index (κ3) is 8.75. The van der Waals surface area contributed by atoms with Crippen molar-refractivity contribution in [3.63, 3.8) is 0 Å². The third-order valence-corrected chi connectivity index (χ3v) is 9.38. The van der Waals surface area contributed by atoms with Crippen molar-refractivity contribution in [2.24, 2.45) is 0 Å². The fourth-order valence-corrected chi connectivity index (χ4v) is 6.91. The molecule has 3 aromatic rings. The maximum atomic E-state index is 14.0. The van der Waals surface area contributed by atoms with Crippen LogP contribution in [0.3, 0.4) is 0 Å². The molecular weight excluding hydrogens is 766 g/mol. The molecule has 1 N–H and O–H groups in total. The van der Waals surface area contributed by atoms with Crippen LogP contribution in [0.25, 0.3) is 11.2 Å². The molecule has 2 fully saturated rings. The number of aromatic nitrogens is 4. The van der Waals surface area contributed by atoms with E-state index in [4.69, 9.17) is 46.4 Å². The van der Waals surface area contributed by atoms with Crippen LogP contribution in [0.1, 0.15) is 59.8 Å². The SMILES string of the molecule is C#C[C@@]1(OC(C)=O)[C@@H](COC(Cc2ccc(N3CCCN(C)C3=O)cc2)(C(=O)OCC)C(=O)OCC)O[C@@H](n2cnc3c(NC(C)C)nc(Cl)nc32)[C@@H]1OC(C)=O. The first-order valence-electron chi connectivity index (χ1n) is 18.4. The average molecular weight is 812 g/mol. The van der Waals surface area contributed by atoms with Crippen LogP contribution in [-0.4, -0.2) is 124 Å². The Hall–Kier alpha value is -5.51. The lowest BCUT2D eigenvalue weighted by Gasteiger charge is -2.35. The first-order chi connectivity index (χ1) is 27.1. The second-order valence-corrected chi connectivity index (χ2v) is 14.0. The average Bonchev–Trinajstić information content (AvgIpc) is 3.69. The van der Waals surface area contributed by atoms with Crippen LogP contribution in [0.4, 0.5) is 16.3 Å². The zero-order valence-electron chi connectivity index (χ0n) is 32.8. The van der Waals surface area contributed by atoms with E-state index < -0.39 is 66.5 Å². The Balaban J connectivity index is 1.58. The summed E-state index contributed by atoms with van der Waals surface area (Å²) in [5.41, 5.74) is -3.19. The summed E-state index contributed by atoms with van der Waals surface area (Å²) in [7, 11) is 1.72. The van der Waals surface area contributed by atoms with Gasteiger partial charge in [-0.2, -0.15) is 9.97 Å². The molecule has 19 heteroatoms. The van der Waals surface area contributed by atoms with Crippen LogP contribution < -0.4 is 10.2 Å². The highest BCUT2D eigenvalue weighted by molar-refractivity contribution is 6.28. The number of nitrogens with zero attached hydrogens (tertiary/aromatic N) is 6. The molecule has 0 aliphatic carbocycles. The van der Waals surface area contributed by atoms with E-state index in [1.54, 1.807) is 55.0 Å². The topological polar surface area (TPSA) is 203 Å². The number of imidazole rings is 1. The first-order valence-corrected chi connectivity index (χ1v) is 18.7. The molecule has 0 saturated carbocycles. The van der Waals surface area contributed by atoms with E-state index in [1.807, 2.05) is 13.8 Å². The van der Waals surface area contributed by atoms with Gasteiger partial charge in [-0.15, -0.1) is 6.42 Å². The third-order valence-electron chi connectivity index (χ3n) is 9.21. The molecule has 18 nitrogen and oxygen atoms in total. The summed E-state index contributed by atoms with van der Waals surface area (Å²) < 4.78 is 36.4. The molecule has 306 valence electrons. The van der Waals surface area contributed by atoms with Crippen molar-refractivity contribution >= 4 is 64.2 Å². The van der Waals surface area contributed by atoms with E-state index in [0.717, 1.165) is 20.3 Å². The Morgan fingerprint density at radius 3 is 2.32 bits per heavy atom. The number of benzene rings is 1. The van der Waals surface area contributed by atoms with Crippen molar-refractivity contribution in [1.82, 2.24) is 24.4 Å². The van der Waals surface area contributed by atoms with Crippen molar-refractivity contribution in [2.75, 3.05) is 50.2 Å². The Morgan fingerprint density at radius 2 is 1.74 bits per heavy atom. The van der Waals surface area contributed by atoms with Crippen LogP contribution in [-0.2, 0) is 54.0 Å². The summed E-state index contributed by atoms with van der Waals surface area (Å²) >= 11 is 6.32. The minimum atomic E-state index is -2.45. The number of carbonyl (C=O) groups excluding carboxylic acids is 5. The molecule has 0 bridgehead atoms. The second-order valence-electron chi connectivity index (χ2n) is 13.7. The van der Waals surface area contributed by atoms with Gasteiger partial charge in [0.2, 0.25) is 17.0 Å². The van der Waals surface area contributed by atoms with Crippen molar-refractivity contribution in [3.05, 3.63) is 41.4 Å². The zero-order valence-corrected chi connectivity index (χ0v) is 33.5. The summed E-state index contributed by atoms with van der Waals surface area (Å²) in [5, 5.41) is 3.01. The van der Waals surface area contributed by atoms with E-state index >= 15 is 0 Å². The number of rotatable bonds is 15. The number of hydrogen-bond acceptors (Lipinski definition) is 15. The normalized spacial score (nSPS) is 21.0. The number of ether oxygens (including phenoxy) is 6. The van der Waals surface area contributed by atoms with E-state index in [0.29, 0.717) is 30.2 Å². The lowest BCUT2D eigenvalue weighted by molar-refractivity contribution is -0.200. The number of hydrogen-bond donors (Lipinski definition) is 1. The number of urea groups is 1. The van der Waals surface area contributed by atoms with E-state index in [-0.39, 0.29) is 41.7 Å². The number of fused-ring (bicyclic) bond motifs is 1. The van der Waals surface area contributed by atoms with Crippen LogP contribution in [0.2, 0.25) is 5.28 Å². The minimum Gasteiger partial charge on any atom is -0.463 e. The highest BCUT2D eigenvalue weighted by Crippen LogP contribution is 2.44. The van der Waals surface area contributed by atoms with Gasteiger partial charge >= 0.3 is 29.9 Å². The Bertz CT molecular complexity index is 2020. The number of carbonyl (C=O) groups is 5. The number of esters is 4. The highest BCUT2D eigenvalue weighted by Gasteiger charge is 2.63. The summed E-state index contributed by atoms with van der Waals surface area (Å²) in [6.45, 7) is 9.30.